The number of carbonyl (C=O) groups excluding carboxylic acids is 1. The predicted molar refractivity (Wildman–Crippen MR) is 118 cm³/mol. The van der Waals surface area contributed by atoms with Crippen LogP contribution in [-0.4, -0.2) is 38.9 Å². The Hall–Kier alpha value is -2.51. The van der Waals surface area contributed by atoms with Crippen LogP contribution < -0.4 is 10.1 Å². The van der Waals surface area contributed by atoms with E-state index in [1.165, 1.54) is 35.3 Å². The van der Waals surface area contributed by atoms with Crippen LogP contribution in [0.1, 0.15) is 43.7 Å². The second-order valence-electron chi connectivity index (χ2n) is 8.43. The molecule has 3 aromatic rings. The van der Waals surface area contributed by atoms with E-state index in [9.17, 15) is 4.79 Å². The summed E-state index contributed by atoms with van der Waals surface area (Å²) in [6.07, 6.45) is 6.35. The third kappa shape index (κ3) is 3.91. The Morgan fingerprint density at radius 3 is 2.60 bits per heavy atom. The van der Waals surface area contributed by atoms with Crippen LogP contribution >= 0.6 is 11.3 Å². The van der Waals surface area contributed by atoms with Gasteiger partial charge in [0.25, 0.3) is 5.19 Å². The first kappa shape index (κ1) is 19.5. The average molecular weight is 423 g/mol. The van der Waals surface area contributed by atoms with Gasteiger partial charge in [-0.05, 0) is 61.9 Å². The van der Waals surface area contributed by atoms with Crippen LogP contribution in [0.2, 0.25) is 0 Å². The fourth-order valence-corrected chi connectivity index (χ4v) is 5.75. The molecule has 5 rings (SSSR count). The van der Waals surface area contributed by atoms with E-state index in [-0.39, 0.29) is 5.91 Å². The normalized spacial score (nSPS) is 23.6. The standard InChI is InChI=1S/C23H26N4O2S/c1-14-9-10-24-22-21(14)30-23(26-22)29-20-7-3-16(4-8-20)13-27-18-5-6-19(27)12-17(11-18)25-15(2)28/h3-4,7-10,17-19H,5-6,11-13H2,1-2H3,(H,25,28)/t18-,19-/m1/s1. The minimum atomic E-state index is 0.0857. The minimum absolute atomic E-state index is 0.0857. The lowest BCUT2D eigenvalue weighted by Gasteiger charge is -2.39. The zero-order valence-electron chi connectivity index (χ0n) is 17.3. The summed E-state index contributed by atoms with van der Waals surface area (Å²) in [7, 11) is 0. The van der Waals surface area contributed by atoms with Crippen molar-refractivity contribution in [3.8, 4) is 10.9 Å². The molecule has 2 saturated heterocycles. The van der Waals surface area contributed by atoms with Gasteiger partial charge >= 0.3 is 0 Å². The van der Waals surface area contributed by atoms with Gasteiger partial charge in [-0.1, -0.05) is 23.5 Å². The maximum absolute atomic E-state index is 11.4. The number of carbonyl (C=O) groups is 1. The van der Waals surface area contributed by atoms with E-state index in [0.29, 0.717) is 23.3 Å². The second-order valence-corrected chi connectivity index (χ2v) is 9.39. The van der Waals surface area contributed by atoms with Gasteiger partial charge in [-0.15, -0.1) is 0 Å². The molecule has 2 fully saturated rings. The van der Waals surface area contributed by atoms with E-state index >= 15 is 0 Å². The van der Waals surface area contributed by atoms with Gasteiger partial charge in [0.05, 0.1) is 4.70 Å². The summed E-state index contributed by atoms with van der Waals surface area (Å²) in [6.45, 7) is 4.63. The van der Waals surface area contributed by atoms with Crippen molar-refractivity contribution in [2.24, 2.45) is 0 Å². The molecule has 0 aliphatic carbocycles. The summed E-state index contributed by atoms with van der Waals surface area (Å²) in [6, 6.07) is 11.8. The van der Waals surface area contributed by atoms with Gasteiger partial charge in [0.1, 0.15) is 5.75 Å². The summed E-state index contributed by atoms with van der Waals surface area (Å²) in [4.78, 5) is 22.8. The number of hydrogen-bond donors (Lipinski definition) is 1. The molecule has 1 aromatic carbocycles. The largest absolute Gasteiger partial charge is 0.431 e. The van der Waals surface area contributed by atoms with Crippen molar-refractivity contribution in [3.63, 3.8) is 0 Å². The lowest BCUT2D eigenvalue weighted by molar-refractivity contribution is -0.120. The van der Waals surface area contributed by atoms with E-state index in [0.717, 1.165) is 35.5 Å². The number of aryl methyl sites for hydroxylation is 1. The van der Waals surface area contributed by atoms with Gasteiger partial charge in [0.15, 0.2) is 5.65 Å². The number of nitrogens with zero attached hydrogens (tertiary/aromatic N) is 3. The molecule has 7 heteroatoms. The molecule has 4 heterocycles. The van der Waals surface area contributed by atoms with Crippen molar-refractivity contribution >= 4 is 27.6 Å². The molecule has 6 nitrogen and oxygen atoms in total. The second kappa shape index (κ2) is 7.96. The maximum Gasteiger partial charge on any atom is 0.281 e. The third-order valence-electron chi connectivity index (χ3n) is 6.25. The number of rotatable bonds is 5. The molecule has 0 spiro atoms. The number of aromatic nitrogens is 2. The predicted octanol–water partition coefficient (Wildman–Crippen LogP) is 4.42. The van der Waals surface area contributed by atoms with Crippen LogP contribution in [0.15, 0.2) is 36.5 Å². The van der Waals surface area contributed by atoms with Gasteiger partial charge in [-0.3, -0.25) is 9.69 Å². The van der Waals surface area contributed by atoms with Crippen molar-refractivity contribution in [2.75, 3.05) is 0 Å². The highest BCUT2D eigenvalue weighted by atomic mass is 32.1. The van der Waals surface area contributed by atoms with Gasteiger partial charge < -0.3 is 10.1 Å². The first-order chi connectivity index (χ1) is 14.5. The van der Waals surface area contributed by atoms with Crippen LogP contribution in [-0.2, 0) is 11.3 Å². The van der Waals surface area contributed by atoms with Crippen LogP contribution in [0.25, 0.3) is 10.3 Å². The molecule has 156 valence electrons. The van der Waals surface area contributed by atoms with Crippen molar-refractivity contribution < 1.29 is 9.53 Å². The van der Waals surface area contributed by atoms with Crippen molar-refractivity contribution in [2.45, 2.75) is 64.2 Å². The number of nitrogens with one attached hydrogen (secondary N) is 1. The summed E-state index contributed by atoms with van der Waals surface area (Å²) in [5, 5.41) is 3.74. The number of ether oxygens (including phenoxy) is 1. The Kier molecular flexibility index (Phi) is 5.16. The number of piperidine rings is 1. The first-order valence-electron chi connectivity index (χ1n) is 10.6. The highest BCUT2D eigenvalue weighted by Crippen LogP contribution is 2.37. The Balaban J connectivity index is 1.23. The number of fused-ring (bicyclic) bond motifs is 3. The molecule has 2 atom stereocenters. The fraction of sp³-hybridized carbons (Fsp3) is 0.435. The number of pyridine rings is 1. The van der Waals surface area contributed by atoms with Crippen molar-refractivity contribution in [3.05, 3.63) is 47.7 Å². The molecule has 2 aliphatic rings. The number of hydrogen-bond acceptors (Lipinski definition) is 6. The Bertz CT molecular complexity index is 1050. The smallest absolute Gasteiger partial charge is 0.281 e. The van der Waals surface area contributed by atoms with Crippen LogP contribution in [0, 0.1) is 6.92 Å². The van der Waals surface area contributed by atoms with Gasteiger partial charge in [0.2, 0.25) is 5.91 Å². The summed E-state index contributed by atoms with van der Waals surface area (Å²) in [5.74, 6) is 0.880. The van der Waals surface area contributed by atoms with Crippen LogP contribution in [0.3, 0.4) is 0 Å². The van der Waals surface area contributed by atoms with E-state index in [4.69, 9.17) is 4.74 Å². The monoisotopic (exact) mass is 422 g/mol. The Labute approximate surface area is 180 Å². The fourth-order valence-electron chi connectivity index (χ4n) is 4.89. The van der Waals surface area contributed by atoms with Crippen LogP contribution in [0.4, 0.5) is 0 Å². The summed E-state index contributed by atoms with van der Waals surface area (Å²) >= 11 is 1.53. The average Bonchev–Trinajstić information content (AvgIpc) is 3.21. The number of thiazole rings is 1. The van der Waals surface area contributed by atoms with E-state index < -0.39 is 0 Å². The van der Waals surface area contributed by atoms with E-state index in [2.05, 4.69) is 39.2 Å². The van der Waals surface area contributed by atoms with E-state index in [1.54, 1.807) is 13.1 Å². The highest BCUT2D eigenvalue weighted by Gasteiger charge is 2.40. The highest BCUT2D eigenvalue weighted by molar-refractivity contribution is 7.20. The molecule has 0 unspecified atom stereocenters. The van der Waals surface area contributed by atoms with Gasteiger partial charge in [-0.2, -0.15) is 4.98 Å². The first-order valence-corrected chi connectivity index (χ1v) is 11.4. The maximum atomic E-state index is 11.4. The lowest BCUT2D eigenvalue weighted by atomic mass is 9.96. The zero-order chi connectivity index (χ0) is 20.7. The summed E-state index contributed by atoms with van der Waals surface area (Å²) < 4.78 is 7.05. The zero-order valence-corrected chi connectivity index (χ0v) is 18.1. The Morgan fingerprint density at radius 2 is 1.93 bits per heavy atom. The molecular formula is C23H26N4O2S. The topological polar surface area (TPSA) is 67.4 Å². The molecule has 1 amide bonds. The van der Waals surface area contributed by atoms with Crippen LogP contribution in [0.5, 0.6) is 10.9 Å². The lowest BCUT2D eigenvalue weighted by Crippen LogP contribution is -2.49. The number of amides is 1. The minimum Gasteiger partial charge on any atom is -0.431 e. The molecule has 0 saturated carbocycles. The molecule has 0 radical (unpaired) electrons. The molecule has 2 bridgehead atoms. The number of benzene rings is 1. The quantitative estimate of drug-likeness (QED) is 0.659. The molecule has 2 aliphatic heterocycles. The Morgan fingerprint density at radius 1 is 1.20 bits per heavy atom. The van der Waals surface area contributed by atoms with Gasteiger partial charge in [-0.25, -0.2) is 4.98 Å². The molecule has 30 heavy (non-hydrogen) atoms. The molecule has 2 aromatic heterocycles. The van der Waals surface area contributed by atoms with Gasteiger partial charge in [0, 0.05) is 37.8 Å². The van der Waals surface area contributed by atoms with E-state index in [1.807, 2.05) is 18.2 Å². The third-order valence-corrected chi connectivity index (χ3v) is 7.31. The summed E-state index contributed by atoms with van der Waals surface area (Å²) in [5.41, 5.74) is 3.20. The van der Waals surface area contributed by atoms with Crippen molar-refractivity contribution in [1.82, 2.24) is 20.2 Å². The molecular weight excluding hydrogens is 396 g/mol. The van der Waals surface area contributed by atoms with Crippen molar-refractivity contribution in [1.29, 1.82) is 0 Å². The molecule has 1 N–H and O–H groups in total. The SMILES string of the molecule is CC(=O)NC1C[C@H]2CC[C@H](C1)N2Cc1ccc(Oc2nc3nccc(C)c3s2)cc1.